The van der Waals surface area contributed by atoms with Crippen LogP contribution >= 0.6 is 0 Å². The highest BCUT2D eigenvalue weighted by Gasteiger charge is 2.03. The van der Waals surface area contributed by atoms with E-state index < -0.39 is 5.97 Å². The van der Waals surface area contributed by atoms with Crippen LogP contribution in [0.1, 0.15) is 0 Å². The molecule has 3 heteroatoms. The molecule has 0 fully saturated rings. The van der Waals surface area contributed by atoms with Crippen LogP contribution in [0, 0.1) is 0 Å². The van der Waals surface area contributed by atoms with Crippen molar-refractivity contribution in [2.45, 2.75) is 0 Å². The zero-order valence-corrected chi connectivity index (χ0v) is 6.46. The molecular weight excluding hydrogens is 142 g/mol. The maximum absolute atomic E-state index is 10.8. The van der Waals surface area contributed by atoms with Gasteiger partial charge in [-0.1, -0.05) is 19.2 Å². The number of allylic oxidation sites excluding steroid dienone is 1. The van der Waals surface area contributed by atoms with Crippen LogP contribution in [0.4, 0.5) is 0 Å². The number of rotatable bonds is 3. The average Bonchev–Trinajstić information content (AvgIpc) is 1.98. The molecule has 0 amide bonds. The van der Waals surface area contributed by atoms with Crippen molar-refractivity contribution >= 4 is 5.97 Å². The Bertz CT molecular complexity index is 216. The Kier molecular flexibility index (Phi) is 3.73. The van der Waals surface area contributed by atoms with E-state index in [0.717, 1.165) is 0 Å². The lowest BCUT2D eigenvalue weighted by molar-refractivity contribution is -0.135. The smallest absolute Gasteiger partial charge is 0.337 e. The van der Waals surface area contributed by atoms with Crippen LogP contribution in [0.15, 0.2) is 36.6 Å². The first-order chi connectivity index (χ1) is 5.11. The van der Waals surface area contributed by atoms with Gasteiger partial charge in [0.2, 0.25) is 0 Å². The van der Waals surface area contributed by atoms with Crippen molar-refractivity contribution in [2.75, 3.05) is 7.11 Å². The second-order valence-corrected chi connectivity index (χ2v) is 1.87. The van der Waals surface area contributed by atoms with Gasteiger partial charge >= 0.3 is 5.97 Å². The van der Waals surface area contributed by atoms with E-state index in [-0.39, 0.29) is 0 Å². The molecular formula is C8H11NO2. The maximum Gasteiger partial charge on any atom is 0.337 e. The Balaban J connectivity index is 4.52. The summed E-state index contributed by atoms with van der Waals surface area (Å²) in [5.74, 6) is -0.466. The fraction of sp³-hybridized carbons (Fsp3) is 0.125. The minimum Gasteiger partial charge on any atom is -0.465 e. The fourth-order valence-corrected chi connectivity index (χ4v) is 0.519. The van der Waals surface area contributed by atoms with Crippen molar-refractivity contribution in [3.8, 4) is 0 Å². The quantitative estimate of drug-likeness (QED) is 0.369. The van der Waals surface area contributed by atoms with Gasteiger partial charge in [-0.3, -0.25) is 0 Å². The van der Waals surface area contributed by atoms with Gasteiger partial charge < -0.3 is 10.5 Å². The standard InChI is InChI=1S/C8H11NO2/c1-4-7(5-6(2)9)8(10)11-3/h4-5H,1-2,9H2,3H3/b7-5+. The summed E-state index contributed by atoms with van der Waals surface area (Å²) in [5.41, 5.74) is 5.84. The zero-order chi connectivity index (χ0) is 8.85. The molecule has 0 aromatic heterocycles. The third-order valence-corrected chi connectivity index (χ3v) is 0.982. The molecule has 0 saturated heterocycles. The number of esters is 1. The van der Waals surface area contributed by atoms with Gasteiger partial charge in [-0.15, -0.1) is 0 Å². The predicted octanol–water partition coefficient (Wildman–Crippen LogP) is 0.744. The van der Waals surface area contributed by atoms with Crippen molar-refractivity contribution in [3.63, 3.8) is 0 Å². The number of hydrogen-bond donors (Lipinski definition) is 1. The van der Waals surface area contributed by atoms with Gasteiger partial charge in [0.25, 0.3) is 0 Å². The summed E-state index contributed by atoms with van der Waals surface area (Å²) in [5, 5.41) is 0. The first-order valence-electron chi connectivity index (χ1n) is 2.98. The third kappa shape index (κ3) is 3.25. The summed E-state index contributed by atoms with van der Waals surface area (Å²) >= 11 is 0. The SMILES string of the molecule is C=C/C(=C\C(=C)N)C(=O)OC. The molecule has 0 spiro atoms. The molecule has 0 aliphatic rings. The number of carbonyl (C=O) groups excluding carboxylic acids is 1. The Morgan fingerprint density at radius 1 is 1.64 bits per heavy atom. The fourth-order valence-electron chi connectivity index (χ4n) is 0.519. The van der Waals surface area contributed by atoms with Crippen LogP contribution in [0.5, 0.6) is 0 Å². The van der Waals surface area contributed by atoms with Gasteiger partial charge in [0, 0.05) is 5.70 Å². The number of nitrogens with two attached hydrogens (primary N) is 1. The number of methoxy groups -OCH3 is 1. The predicted molar refractivity (Wildman–Crippen MR) is 43.6 cm³/mol. The van der Waals surface area contributed by atoms with Crippen LogP contribution in [0.2, 0.25) is 0 Å². The van der Waals surface area contributed by atoms with Crippen molar-refractivity contribution in [1.82, 2.24) is 0 Å². The largest absolute Gasteiger partial charge is 0.465 e. The van der Waals surface area contributed by atoms with Gasteiger partial charge in [-0.05, 0) is 6.08 Å². The number of ether oxygens (including phenoxy) is 1. The number of carbonyl (C=O) groups is 1. The van der Waals surface area contributed by atoms with E-state index in [4.69, 9.17) is 5.73 Å². The molecule has 2 N–H and O–H groups in total. The maximum atomic E-state index is 10.8. The Hall–Kier alpha value is -1.51. The van der Waals surface area contributed by atoms with E-state index in [0.29, 0.717) is 11.3 Å². The van der Waals surface area contributed by atoms with Crippen LogP contribution in [-0.4, -0.2) is 13.1 Å². The normalized spacial score (nSPS) is 10.5. The first kappa shape index (κ1) is 9.49. The molecule has 0 bridgehead atoms. The molecule has 0 saturated carbocycles. The van der Waals surface area contributed by atoms with Gasteiger partial charge in [-0.2, -0.15) is 0 Å². The molecule has 0 unspecified atom stereocenters. The highest BCUT2D eigenvalue weighted by atomic mass is 16.5. The van der Waals surface area contributed by atoms with Crippen LogP contribution in [0.3, 0.4) is 0 Å². The van der Waals surface area contributed by atoms with Crippen LogP contribution < -0.4 is 5.73 Å². The molecule has 0 atom stereocenters. The van der Waals surface area contributed by atoms with Crippen molar-refractivity contribution in [3.05, 3.63) is 36.6 Å². The van der Waals surface area contributed by atoms with Gasteiger partial charge in [0.1, 0.15) is 0 Å². The van der Waals surface area contributed by atoms with Gasteiger partial charge in [0.15, 0.2) is 0 Å². The van der Waals surface area contributed by atoms with E-state index in [2.05, 4.69) is 17.9 Å². The molecule has 0 aliphatic heterocycles. The molecule has 3 nitrogen and oxygen atoms in total. The summed E-state index contributed by atoms with van der Waals surface area (Å²) in [4.78, 5) is 10.8. The first-order valence-corrected chi connectivity index (χ1v) is 2.98. The second-order valence-electron chi connectivity index (χ2n) is 1.87. The molecule has 0 aromatic rings. The van der Waals surface area contributed by atoms with Crippen molar-refractivity contribution in [1.29, 1.82) is 0 Å². The Labute approximate surface area is 65.8 Å². The van der Waals surface area contributed by atoms with E-state index in [1.54, 1.807) is 0 Å². The van der Waals surface area contributed by atoms with Crippen molar-refractivity contribution < 1.29 is 9.53 Å². The van der Waals surface area contributed by atoms with E-state index in [1.807, 2.05) is 0 Å². The minimum atomic E-state index is -0.466. The second kappa shape index (κ2) is 4.33. The third-order valence-electron chi connectivity index (χ3n) is 0.982. The highest BCUT2D eigenvalue weighted by molar-refractivity contribution is 5.91. The van der Waals surface area contributed by atoms with E-state index in [1.165, 1.54) is 19.3 Å². The molecule has 11 heavy (non-hydrogen) atoms. The van der Waals surface area contributed by atoms with Crippen molar-refractivity contribution in [2.24, 2.45) is 5.73 Å². The van der Waals surface area contributed by atoms with Crippen LogP contribution in [0.25, 0.3) is 0 Å². The lowest BCUT2D eigenvalue weighted by atomic mass is 10.2. The lowest BCUT2D eigenvalue weighted by Crippen LogP contribution is -2.04. The average molecular weight is 153 g/mol. The molecule has 0 radical (unpaired) electrons. The Morgan fingerprint density at radius 3 is 2.45 bits per heavy atom. The highest BCUT2D eigenvalue weighted by Crippen LogP contribution is 2.00. The van der Waals surface area contributed by atoms with E-state index >= 15 is 0 Å². The summed E-state index contributed by atoms with van der Waals surface area (Å²) < 4.78 is 4.43. The Morgan fingerprint density at radius 2 is 2.18 bits per heavy atom. The monoisotopic (exact) mass is 153 g/mol. The van der Waals surface area contributed by atoms with E-state index in [9.17, 15) is 4.79 Å². The number of hydrogen-bond acceptors (Lipinski definition) is 3. The summed E-state index contributed by atoms with van der Waals surface area (Å²) in [7, 11) is 1.29. The zero-order valence-electron chi connectivity index (χ0n) is 6.46. The van der Waals surface area contributed by atoms with Gasteiger partial charge in [-0.25, -0.2) is 4.79 Å². The lowest BCUT2D eigenvalue weighted by Gasteiger charge is -1.97. The summed E-state index contributed by atoms with van der Waals surface area (Å²) in [6.45, 7) is 6.82. The van der Waals surface area contributed by atoms with Gasteiger partial charge in [0.05, 0.1) is 12.7 Å². The topological polar surface area (TPSA) is 52.3 Å². The molecule has 0 aromatic carbocycles. The molecule has 60 valence electrons. The summed E-state index contributed by atoms with van der Waals surface area (Å²) in [6, 6.07) is 0. The molecule has 0 heterocycles. The summed E-state index contributed by atoms with van der Waals surface area (Å²) in [6.07, 6.45) is 2.77. The molecule has 0 aliphatic carbocycles. The molecule has 0 rings (SSSR count). The minimum absolute atomic E-state index is 0.297. The van der Waals surface area contributed by atoms with Crippen LogP contribution in [-0.2, 0) is 9.53 Å².